The maximum absolute atomic E-state index is 11.6. The zero-order valence-corrected chi connectivity index (χ0v) is 11.3. The van der Waals surface area contributed by atoms with Crippen LogP contribution in [0.15, 0.2) is 24.3 Å². The first-order valence-electron chi connectivity index (χ1n) is 5.99. The molecule has 0 aromatic heterocycles. The maximum Gasteiger partial charge on any atom is 0.326 e. The predicted octanol–water partition coefficient (Wildman–Crippen LogP) is -0.622. The van der Waals surface area contributed by atoms with Crippen LogP contribution in [0, 0.1) is 6.92 Å². The van der Waals surface area contributed by atoms with Crippen LogP contribution in [-0.2, 0) is 19.2 Å². The van der Waals surface area contributed by atoms with Gasteiger partial charge in [0.25, 0.3) is 0 Å². The summed E-state index contributed by atoms with van der Waals surface area (Å²) in [6, 6.07) is 5.12. The van der Waals surface area contributed by atoms with Crippen LogP contribution in [-0.4, -0.2) is 34.8 Å². The molecule has 0 aliphatic rings. The maximum atomic E-state index is 11.6. The van der Waals surface area contributed by atoms with Gasteiger partial charge in [0.05, 0.1) is 6.42 Å². The van der Waals surface area contributed by atoms with E-state index >= 15 is 0 Å². The number of benzene rings is 1. The molecular weight excluding hydrogens is 278 g/mol. The normalized spacial score (nSPS) is 11.3. The van der Waals surface area contributed by atoms with Crippen LogP contribution in [0.3, 0.4) is 0 Å². The number of primary amides is 1. The third-order valence-corrected chi connectivity index (χ3v) is 2.52. The lowest BCUT2D eigenvalue weighted by Gasteiger charge is -2.12. The number of carboxylic acids is 1. The predicted molar refractivity (Wildman–Crippen MR) is 73.2 cm³/mol. The van der Waals surface area contributed by atoms with E-state index in [1.54, 1.807) is 24.3 Å². The van der Waals surface area contributed by atoms with Gasteiger partial charge in [0.1, 0.15) is 6.04 Å². The van der Waals surface area contributed by atoms with E-state index in [-0.39, 0.29) is 0 Å². The van der Waals surface area contributed by atoms with Crippen molar-refractivity contribution in [2.45, 2.75) is 19.4 Å². The highest BCUT2D eigenvalue weighted by Crippen LogP contribution is 2.08. The third kappa shape index (κ3) is 5.31. The molecule has 0 unspecified atom stereocenters. The topological polar surface area (TPSA) is 139 Å². The fraction of sp³-hybridized carbons (Fsp3) is 0.231. The van der Waals surface area contributed by atoms with Gasteiger partial charge in [-0.05, 0) is 19.1 Å². The fourth-order valence-electron chi connectivity index (χ4n) is 1.45. The van der Waals surface area contributed by atoms with Crippen molar-refractivity contribution in [1.82, 2.24) is 5.32 Å². The van der Waals surface area contributed by atoms with Crippen molar-refractivity contribution in [1.29, 1.82) is 0 Å². The Balaban J connectivity index is 2.64. The minimum Gasteiger partial charge on any atom is -0.480 e. The Bertz CT molecular complexity index is 568. The number of carbonyl (C=O) groups excluding carboxylic acids is 3. The van der Waals surface area contributed by atoms with Crippen molar-refractivity contribution < 1.29 is 24.3 Å². The molecule has 1 rings (SSSR count). The van der Waals surface area contributed by atoms with E-state index in [9.17, 15) is 19.2 Å². The highest BCUT2D eigenvalue weighted by molar-refractivity contribution is 6.40. The second-order valence-corrected chi connectivity index (χ2v) is 4.35. The van der Waals surface area contributed by atoms with Gasteiger partial charge in [-0.1, -0.05) is 17.7 Å². The van der Waals surface area contributed by atoms with Gasteiger partial charge < -0.3 is 21.5 Å². The number of amides is 3. The van der Waals surface area contributed by atoms with Crippen molar-refractivity contribution in [2.75, 3.05) is 5.32 Å². The van der Waals surface area contributed by atoms with E-state index in [0.717, 1.165) is 5.56 Å². The lowest BCUT2D eigenvalue weighted by atomic mass is 10.2. The first-order chi connectivity index (χ1) is 9.79. The highest BCUT2D eigenvalue weighted by Gasteiger charge is 2.25. The van der Waals surface area contributed by atoms with Crippen LogP contribution in [0.4, 0.5) is 5.69 Å². The summed E-state index contributed by atoms with van der Waals surface area (Å²) in [4.78, 5) is 44.7. The number of aryl methyl sites for hydroxylation is 1. The van der Waals surface area contributed by atoms with Crippen LogP contribution in [0.1, 0.15) is 12.0 Å². The lowest BCUT2D eigenvalue weighted by Crippen LogP contribution is -2.47. The van der Waals surface area contributed by atoms with Crippen molar-refractivity contribution in [3.63, 3.8) is 0 Å². The molecule has 8 heteroatoms. The Morgan fingerprint density at radius 3 is 2.19 bits per heavy atom. The molecule has 0 saturated heterocycles. The second kappa shape index (κ2) is 7.04. The number of nitrogens with two attached hydrogens (primary N) is 1. The van der Waals surface area contributed by atoms with Gasteiger partial charge >= 0.3 is 17.8 Å². The van der Waals surface area contributed by atoms with Crippen LogP contribution >= 0.6 is 0 Å². The van der Waals surface area contributed by atoms with Gasteiger partial charge in [-0.25, -0.2) is 4.79 Å². The van der Waals surface area contributed by atoms with E-state index in [1.165, 1.54) is 0 Å². The minimum absolute atomic E-state index is 0.391. The van der Waals surface area contributed by atoms with Gasteiger partial charge in [-0.3, -0.25) is 14.4 Å². The molecular formula is C13H15N3O5. The number of hydrogen-bond acceptors (Lipinski definition) is 4. The Kier molecular flexibility index (Phi) is 5.41. The monoisotopic (exact) mass is 293 g/mol. The van der Waals surface area contributed by atoms with E-state index in [2.05, 4.69) is 5.32 Å². The number of carbonyl (C=O) groups is 4. The summed E-state index contributed by atoms with van der Waals surface area (Å²) >= 11 is 0. The van der Waals surface area contributed by atoms with Crippen LogP contribution < -0.4 is 16.4 Å². The lowest BCUT2D eigenvalue weighted by molar-refractivity contribution is -0.144. The number of nitrogens with one attached hydrogen (secondary N) is 2. The van der Waals surface area contributed by atoms with Gasteiger partial charge in [0, 0.05) is 5.69 Å². The number of carboxylic acid groups (broad SMARTS) is 1. The summed E-state index contributed by atoms with van der Waals surface area (Å²) in [5.41, 5.74) is 6.23. The van der Waals surface area contributed by atoms with E-state index in [0.29, 0.717) is 5.69 Å². The zero-order valence-electron chi connectivity index (χ0n) is 11.3. The number of rotatable bonds is 5. The zero-order chi connectivity index (χ0) is 16.0. The van der Waals surface area contributed by atoms with Crippen molar-refractivity contribution >= 4 is 29.4 Å². The van der Waals surface area contributed by atoms with E-state index in [1.807, 2.05) is 12.2 Å². The van der Waals surface area contributed by atoms with Gasteiger partial charge in [-0.2, -0.15) is 0 Å². The standard InChI is InChI=1S/C13H15N3O5/c1-7-2-4-8(5-3-7)15-11(18)12(19)16-9(13(20)21)6-10(14)17/h2-5,9H,6H2,1H3,(H2,14,17)(H,15,18)(H,16,19)(H,20,21)/t9-/m1/s1. The molecule has 0 aliphatic carbocycles. The molecule has 1 aromatic rings. The summed E-state index contributed by atoms with van der Waals surface area (Å²) in [6.45, 7) is 1.86. The number of anilines is 1. The molecule has 0 saturated carbocycles. The van der Waals surface area contributed by atoms with Gasteiger partial charge in [-0.15, -0.1) is 0 Å². The molecule has 0 heterocycles. The third-order valence-electron chi connectivity index (χ3n) is 2.52. The Labute approximate surface area is 120 Å². The van der Waals surface area contributed by atoms with Crippen molar-refractivity contribution in [3.05, 3.63) is 29.8 Å². The average Bonchev–Trinajstić information content (AvgIpc) is 2.39. The summed E-state index contributed by atoms with van der Waals surface area (Å²) in [5, 5.41) is 13.1. The molecule has 0 fully saturated rings. The summed E-state index contributed by atoms with van der Waals surface area (Å²) < 4.78 is 0. The Hall–Kier alpha value is -2.90. The smallest absolute Gasteiger partial charge is 0.326 e. The largest absolute Gasteiger partial charge is 0.480 e. The fourth-order valence-corrected chi connectivity index (χ4v) is 1.45. The van der Waals surface area contributed by atoms with Crippen LogP contribution in [0.25, 0.3) is 0 Å². The number of hydrogen-bond donors (Lipinski definition) is 4. The molecule has 0 spiro atoms. The molecule has 1 aromatic carbocycles. The first-order valence-corrected chi connectivity index (χ1v) is 5.99. The summed E-state index contributed by atoms with van der Waals surface area (Å²) in [6.07, 6.45) is -0.598. The van der Waals surface area contributed by atoms with E-state index in [4.69, 9.17) is 10.8 Å². The Morgan fingerprint density at radius 1 is 1.14 bits per heavy atom. The molecule has 0 bridgehead atoms. The minimum atomic E-state index is -1.54. The van der Waals surface area contributed by atoms with Gasteiger partial charge in [0.2, 0.25) is 5.91 Å². The van der Waals surface area contributed by atoms with Crippen molar-refractivity contribution in [3.8, 4) is 0 Å². The first kappa shape index (κ1) is 16.2. The molecule has 5 N–H and O–H groups in total. The Morgan fingerprint density at radius 2 is 1.71 bits per heavy atom. The average molecular weight is 293 g/mol. The molecule has 3 amide bonds. The SMILES string of the molecule is Cc1ccc(NC(=O)C(=O)N[C@H](CC(N)=O)C(=O)O)cc1. The van der Waals surface area contributed by atoms with Gasteiger partial charge in [0.15, 0.2) is 0 Å². The summed E-state index contributed by atoms with van der Waals surface area (Å²) in [5.74, 6) is -4.55. The molecule has 0 radical (unpaired) electrons. The quantitative estimate of drug-likeness (QED) is 0.536. The van der Waals surface area contributed by atoms with E-state index < -0.39 is 36.2 Å². The van der Waals surface area contributed by atoms with Crippen LogP contribution in [0.5, 0.6) is 0 Å². The van der Waals surface area contributed by atoms with Crippen LogP contribution in [0.2, 0.25) is 0 Å². The molecule has 1 atom stereocenters. The molecule has 0 aliphatic heterocycles. The highest BCUT2D eigenvalue weighted by atomic mass is 16.4. The number of aliphatic carboxylic acids is 1. The molecule has 8 nitrogen and oxygen atoms in total. The molecule has 112 valence electrons. The second-order valence-electron chi connectivity index (χ2n) is 4.35. The van der Waals surface area contributed by atoms with Crippen molar-refractivity contribution in [2.24, 2.45) is 5.73 Å². The molecule has 21 heavy (non-hydrogen) atoms. The summed E-state index contributed by atoms with van der Waals surface area (Å²) in [7, 11) is 0.